The van der Waals surface area contributed by atoms with Gasteiger partial charge in [-0.15, -0.1) is 0 Å². The Balaban J connectivity index is 2.63. The minimum atomic E-state index is -0.156. The first-order valence-electron chi connectivity index (χ1n) is 4.97. The van der Waals surface area contributed by atoms with E-state index in [2.05, 4.69) is 29.8 Å². The quantitative estimate of drug-likeness (QED) is 0.704. The molecule has 1 aromatic rings. The molecule has 0 aromatic heterocycles. The van der Waals surface area contributed by atoms with Crippen molar-refractivity contribution in [3.05, 3.63) is 29.1 Å². The second kappa shape index (κ2) is 3.48. The van der Waals surface area contributed by atoms with Crippen LogP contribution in [-0.4, -0.2) is 7.11 Å². The summed E-state index contributed by atoms with van der Waals surface area (Å²) < 4.78 is 19.0. The predicted molar refractivity (Wildman–Crippen MR) is 62.3 cm³/mol. The molecule has 1 unspecified atom stereocenters. The molecule has 0 fully saturated rings. The van der Waals surface area contributed by atoms with Gasteiger partial charge in [0.15, 0.2) is 0 Å². The van der Waals surface area contributed by atoms with Gasteiger partial charge >= 0.3 is 0 Å². The van der Waals surface area contributed by atoms with Crippen LogP contribution >= 0.6 is 15.9 Å². The second-order valence-electron chi connectivity index (χ2n) is 4.63. The molecule has 0 saturated heterocycles. The molecule has 0 spiro atoms. The molecule has 1 aliphatic carbocycles. The Morgan fingerprint density at radius 2 is 2.13 bits per heavy atom. The highest BCUT2D eigenvalue weighted by Crippen LogP contribution is 2.50. The molecule has 0 bridgehead atoms. The van der Waals surface area contributed by atoms with Crippen LogP contribution in [0, 0.1) is 5.82 Å². The van der Waals surface area contributed by atoms with E-state index in [4.69, 9.17) is 4.74 Å². The van der Waals surface area contributed by atoms with Gasteiger partial charge < -0.3 is 4.74 Å². The Labute approximate surface area is 97.8 Å². The van der Waals surface area contributed by atoms with Gasteiger partial charge in [-0.25, -0.2) is 4.39 Å². The number of fused-ring (bicyclic) bond motifs is 1. The van der Waals surface area contributed by atoms with Crippen LogP contribution in [0.25, 0.3) is 0 Å². The molecular formula is C12H14BrFO. The molecule has 0 N–H and O–H groups in total. The number of alkyl halides is 1. The standard InChI is InChI=1S/C12H14BrFO/c1-12(2)6-9(13)8-4-7(15-3)5-10(14)11(8)12/h4-5,9H,6H2,1-3H3. The number of methoxy groups -OCH3 is 1. The Morgan fingerprint density at radius 1 is 1.47 bits per heavy atom. The summed E-state index contributed by atoms with van der Waals surface area (Å²) in [5.41, 5.74) is 1.75. The zero-order valence-electron chi connectivity index (χ0n) is 9.10. The van der Waals surface area contributed by atoms with Gasteiger partial charge in [0.05, 0.1) is 7.11 Å². The van der Waals surface area contributed by atoms with Crippen LogP contribution in [0.1, 0.15) is 36.2 Å². The summed E-state index contributed by atoms with van der Waals surface area (Å²) >= 11 is 3.59. The molecule has 0 heterocycles. The summed E-state index contributed by atoms with van der Waals surface area (Å²) in [6.45, 7) is 4.14. The fraction of sp³-hybridized carbons (Fsp3) is 0.500. The molecule has 82 valence electrons. The topological polar surface area (TPSA) is 9.23 Å². The molecule has 1 atom stereocenters. The lowest BCUT2D eigenvalue weighted by Crippen LogP contribution is -2.14. The molecule has 1 nitrogen and oxygen atoms in total. The van der Waals surface area contributed by atoms with Crippen LogP contribution in [0.5, 0.6) is 5.75 Å². The zero-order chi connectivity index (χ0) is 11.2. The monoisotopic (exact) mass is 272 g/mol. The van der Waals surface area contributed by atoms with Crippen molar-refractivity contribution in [2.24, 2.45) is 0 Å². The number of ether oxygens (including phenoxy) is 1. The smallest absolute Gasteiger partial charge is 0.130 e. The van der Waals surface area contributed by atoms with Crippen LogP contribution in [0.3, 0.4) is 0 Å². The molecule has 0 radical (unpaired) electrons. The maximum Gasteiger partial charge on any atom is 0.130 e. The lowest BCUT2D eigenvalue weighted by molar-refractivity contribution is 0.409. The van der Waals surface area contributed by atoms with Gasteiger partial charge in [-0.05, 0) is 29.0 Å². The van der Waals surface area contributed by atoms with Crippen molar-refractivity contribution in [1.29, 1.82) is 0 Å². The van der Waals surface area contributed by atoms with Crippen molar-refractivity contribution in [2.45, 2.75) is 30.5 Å². The van der Waals surface area contributed by atoms with E-state index in [0.717, 1.165) is 17.5 Å². The van der Waals surface area contributed by atoms with E-state index < -0.39 is 0 Å². The van der Waals surface area contributed by atoms with Gasteiger partial charge in [0, 0.05) is 10.9 Å². The van der Waals surface area contributed by atoms with Crippen molar-refractivity contribution < 1.29 is 9.13 Å². The number of rotatable bonds is 1. The number of halogens is 2. The van der Waals surface area contributed by atoms with Crippen molar-refractivity contribution in [2.75, 3.05) is 7.11 Å². The van der Waals surface area contributed by atoms with E-state index in [-0.39, 0.29) is 16.1 Å². The van der Waals surface area contributed by atoms with Crippen LogP contribution in [0.4, 0.5) is 4.39 Å². The van der Waals surface area contributed by atoms with E-state index in [1.54, 1.807) is 7.11 Å². The lowest BCUT2D eigenvalue weighted by Gasteiger charge is -2.19. The fourth-order valence-corrected chi connectivity index (χ4v) is 3.51. The van der Waals surface area contributed by atoms with Crippen molar-refractivity contribution in [3.8, 4) is 5.75 Å². The first kappa shape index (κ1) is 10.9. The van der Waals surface area contributed by atoms with Crippen LogP contribution in [-0.2, 0) is 5.41 Å². The summed E-state index contributed by atoms with van der Waals surface area (Å²) in [7, 11) is 1.56. The van der Waals surface area contributed by atoms with Crippen molar-refractivity contribution >= 4 is 15.9 Å². The van der Waals surface area contributed by atoms with Gasteiger partial charge in [0.25, 0.3) is 0 Å². The van der Waals surface area contributed by atoms with E-state index in [1.165, 1.54) is 6.07 Å². The lowest BCUT2D eigenvalue weighted by atomic mass is 9.86. The third-order valence-electron chi connectivity index (χ3n) is 3.03. The van der Waals surface area contributed by atoms with E-state index in [9.17, 15) is 4.39 Å². The second-order valence-corrected chi connectivity index (χ2v) is 5.73. The van der Waals surface area contributed by atoms with E-state index in [1.807, 2.05) is 6.07 Å². The van der Waals surface area contributed by atoms with Gasteiger partial charge in [0.2, 0.25) is 0 Å². The fourth-order valence-electron chi connectivity index (χ4n) is 2.34. The largest absolute Gasteiger partial charge is 0.497 e. The minimum Gasteiger partial charge on any atom is -0.497 e. The SMILES string of the molecule is COc1cc(F)c2c(c1)C(Br)CC2(C)C. The Hall–Kier alpha value is -0.570. The molecule has 2 rings (SSSR count). The van der Waals surface area contributed by atoms with Gasteiger partial charge in [-0.2, -0.15) is 0 Å². The first-order chi connectivity index (χ1) is 6.95. The highest BCUT2D eigenvalue weighted by molar-refractivity contribution is 9.09. The third-order valence-corrected chi connectivity index (χ3v) is 3.85. The third kappa shape index (κ3) is 1.67. The van der Waals surface area contributed by atoms with Crippen molar-refractivity contribution in [1.82, 2.24) is 0 Å². The molecule has 1 aliphatic rings. The zero-order valence-corrected chi connectivity index (χ0v) is 10.7. The van der Waals surface area contributed by atoms with E-state index in [0.29, 0.717) is 5.75 Å². The summed E-state index contributed by atoms with van der Waals surface area (Å²) in [6.07, 6.45) is 0.923. The number of benzene rings is 1. The highest BCUT2D eigenvalue weighted by atomic mass is 79.9. The molecule has 1 aromatic carbocycles. The normalized spacial score (nSPS) is 22.6. The molecule has 15 heavy (non-hydrogen) atoms. The summed E-state index contributed by atoms with van der Waals surface area (Å²) in [5.74, 6) is 0.435. The van der Waals surface area contributed by atoms with Crippen LogP contribution in [0.2, 0.25) is 0 Å². The summed E-state index contributed by atoms with van der Waals surface area (Å²) in [4.78, 5) is 0.229. The number of hydrogen-bond donors (Lipinski definition) is 0. The molecule has 0 saturated carbocycles. The van der Waals surface area contributed by atoms with Gasteiger partial charge in [0.1, 0.15) is 11.6 Å². The summed E-state index contributed by atoms with van der Waals surface area (Å²) in [5, 5.41) is 0. The highest BCUT2D eigenvalue weighted by Gasteiger charge is 2.38. The summed E-state index contributed by atoms with van der Waals surface area (Å²) in [6, 6.07) is 3.39. The number of hydrogen-bond acceptors (Lipinski definition) is 1. The van der Waals surface area contributed by atoms with Crippen LogP contribution in [0.15, 0.2) is 12.1 Å². The maximum absolute atomic E-state index is 13.9. The Morgan fingerprint density at radius 3 is 2.73 bits per heavy atom. The predicted octanol–water partition coefficient (Wildman–Crippen LogP) is 3.95. The maximum atomic E-state index is 13.9. The van der Waals surface area contributed by atoms with Crippen LogP contribution < -0.4 is 4.74 Å². The molecule has 0 amide bonds. The Bertz CT molecular complexity index is 401. The molecule has 3 heteroatoms. The van der Waals surface area contributed by atoms with Gasteiger partial charge in [-0.3, -0.25) is 0 Å². The minimum absolute atomic E-state index is 0.0974. The molecular weight excluding hydrogens is 259 g/mol. The first-order valence-corrected chi connectivity index (χ1v) is 5.89. The average molecular weight is 273 g/mol. The molecule has 0 aliphatic heterocycles. The van der Waals surface area contributed by atoms with Gasteiger partial charge in [-0.1, -0.05) is 29.8 Å². The van der Waals surface area contributed by atoms with E-state index >= 15 is 0 Å². The Kier molecular flexibility index (Phi) is 2.53. The van der Waals surface area contributed by atoms with Crippen molar-refractivity contribution in [3.63, 3.8) is 0 Å². The average Bonchev–Trinajstić information content (AvgIpc) is 2.37.